The molecule has 5 atom stereocenters. The number of nitrogens with one attached hydrogen (secondary N) is 1. The van der Waals surface area contributed by atoms with Gasteiger partial charge in [0.1, 0.15) is 17.6 Å². The van der Waals surface area contributed by atoms with Crippen LogP contribution in [0, 0.1) is 23.7 Å². The summed E-state index contributed by atoms with van der Waals surface area (Å²) in [6.07, 6.45) is 1.78. The maximum atomic E-state index is 12.8. The Balaban J connectivity index is 1.27. The summed E-state index contributed by atoms with van der Waals surface area (Å²) in [5.74, 6) is 0.842. The Morgan fingerprint density at radius 1 is 1.11 bits per heavy atom. The number of carbonyl (C=O) groups is 2. The zero-order valence-electron chi connectivity index (χ0n) is 14.4. The predicted molar refractivity (Wildman–Crippen MR) is 99.7 cm³/mol. The number of benzene rings is 2. The molecule has 2 aromatic carbocycles. The van der Waals surface area contributed by atoms with E-state index in [1.54, 1.807) is 36.4 Å². The number of anilines is 1. The molecule has 2 saturated carbocycles. The fourth-order valence-corrected chi connectivity index (χ4v) is 5.02. The van der Waals surface area contributed by atoms with Crippen molar-refractivity contribution in [2.24, 2.45) is 23.7 Å². The molecular formula is C21H18ClNO4. The molecule has 1 heterocycles. The van der Waals surface area contributed by atoms with Crippen molar-refractivity contribution in [1.82, 2.24) is 0 Å². The summed E-state index contributed by atoms with van der Waals surface area (Å²) in [6.45, 7) is 0. The van der Waals surface area contributed by atoms with Gasteiger partial charge in [0.2, 0.25) is 5.91 Å². The lowest BCUT2D eigenvalue weighted by molar-refractivity contribution is -0.145. The molecule has 5 rings (SSSR count). The molecular weight excluding hydrogens is 366 g/mol. The number of carbonyl (C=O) groups excluding carboxylic acids is 2. The van der Waals surface area contributed by atoms with Crippen molar-refractivity contribution in [3.8, 4) is 11.5 Å². The third-order valence-corrected chi connectivity index (χ3v) is 6.28. The maximum Gasteiger partial charge on any atom is 0.310 e. The van der Waals surface area contributed by atoms with Gasteiger partial charge in [-0.3, -0.25) is 9.59 Å². The van der Waals surface area contributed by atoms with Crippen LogP contribution in [0.5, 0.6) is 11.5 Å². The minimum absolute atomic E-state index is 0.0396. The van der Waals surface area contributed by atoms with Gasteiger partial charge in [-0.2, -0.15) is 0 Å². The highest BCUT2D eigenvalue weighted by Crippen LogP contribution is 2.57. The van der Waals surface area contributed by atoms with Crippen LogP contribution in [-0.2, 0) is 14.3 Å². The highest BCUT2D eigenvalue weighted by molar-refractivity contribution is 6.32. The number of amides is 1. The summed E-state index contributed by atoms with van der Waals surface area (Å²) in [5.41, 5.74) is 0.678. The molecule has 3 fully saturated rings. The second kappa shape index (κ2) is 6.27. The Bertz CT molecular complexity index is 911. The zero-order chi connectivity index (χ0) is 18.5. The van der Waals surface area contributed by atoms with Crippen LogP contribution in [0.3, 0.4) is 0 Å². The summed E-state index contributed by atoms with van der Waals surface area (Å²) in [7, 11) is 0. The Morgan fingerprint density at radius 2 is 1.89 bits per heavy atom. The van der Waals surface area contributed by atoms with Gasteiger partial charge in [0.05, 0.1) is 16.9 Å². The lowest BCUT2D eigenvalue weighted by Crippen LogP contribution is -2.35. The van der Waals surface area contributed by atoms with E-state index in [9.17, 15) is 9.59 Å². The van der Waals surface area contributed by atoms with Gasteiger partial charge < -0.3 is 14.8 Å². The number of rotatable bonds is 4. The first-order chi connectivity index (χ1) is 13.1. The first-order valence-electron chi connectivity index (χ1n) is 9.14. The van der Waals surface area contributed by atoms with Gasteiger partial charge >= 0.3 is 5.97 Å². The largest absolute Gasteiger partial charge is 0.462 e. The van der Waals surface area contributed by atoms with E-state index in [1.807, 2.05) is 12.1 Å². The van der Waals surface area contributed by atoms with Crippen molar-refractivity contribution in [2.45, 2.75) is 18.9 Å². The number of halogens is 1. The standard InChI is InChI=1S/C21H18ClNO4/c22-15-3-1-2-4-16(15)26-13-7-5-12(6-8-13)23-20(24)18-11-9-14-17(10-11)27-21(25)19(14)18/h1-8,11,14,17-19H,9-10H2,(H,23,24)/t11-,14+,17-,18-,19-/m1/s1. The van der Waals surface area contributed by atoms with Gasteiger partial charge in [-0.05, 0) is 55.2 Å². The normalized spacial score (nSPS) is 30.3. The van der Waals surface area contributed by atoms with E-state index < -0.39 is 0 Å². The molecule has 1 amide bonds. The molecule has 138 valence electrons. The summed E-state index contributed by atoms with van der Waals surface area (Å²) >= 11 is 6.10. The second-order valence-corrected chi connectivity index (χ2v) is 7.88. The lowest BCUT2D eigenvalue weighted by atomic mass is 9.79. The number of hydrogen-bond acceptors (Lipinski definition) is 4. The van der Waals surface area contributed by atoms with Crippen LogP contribution in [0.25, 0.3) is 0 Å². The summed E-state index contributed by atoms with van der Waals surface area (Å²) in [6, 6.07) is 14.4. The minimum Gasteiger partial charge on any atom is -0.462 e. The molecule has 0 radical (unpaired) electrons. The SMILES string of the molecule is O=C(Nc1ccc(Oc2ccccc2Cl)cc1)[C@@H]1[C@@H]2C[C@@H]3[C@H]1C(=O)O[C@@H]3C2. The maximum absolute atomic E-state index is 12.8. The monoisotopic (exact) mass is 383 g/mol. The van der Waals surface area contributed by atoms with Crippen molar-refractivity contribution >= 4 is 29.2 Å². The first kappa shape index (κ1) is 16.6. The van der Waals surface area contributed by atoms with Crippen LogP contribution >= 0.6 is 11.6 Å². The third kappa shape index (κ3) is 2.77. The quantitative estimate of drug-likeness (QED) is 0.801. The van der Waals surface area contributed by atoms with Crippen molar-refractivity contribution in [2.75, 3.05) is 5.32 Å². The van der Waals surface area contributed by atoms with Crippen molar-refractivity contribution in [3.05, 3.63) is 53.6 Å². The van der Waals surface area contributed by atoms with Crippen molar-refractivity contribution in [1.29, 1.82) is 0 Å². The Hall–Kier alpha value is -2.53. The van der Waals surface area contributed by atoms with Gasteiger partial charge in [0.15, 0.2) is 0 Å². The van der Waals surface area contributed by atoms with E-state index in [-0.39, 0.29) is 41.7 Å². The Morgan fingerprint density at radius 3 is 2.67 bits per heavy atom. The fourth-order valence-electron chi connectivity index (χ4n) is 4.85. The van der Waals surface area contributed by atoms with Crippen LogP contribution in [0.15, 0.2) is 48.5 Å². The molecule has 0 spiro atoms. The van der Waals surface area contributed by atoms with E-state index in [4.69, 9.17) is 21.1 Å². The Kier molecular flexibility index (Phi) is 3.86. The molecule has 2 aromatic rings. The van der Waals surface area contributed by atoms with Crippen molar-refractivity contribution in [3.63, 3.8) is 0 Å². The number of para-hydroxylation sites is 1. The number of esters is 1. The highest BCUT2D eigenvalue weighted by Gasteiger charge is 2.63. The molecule has 2 aliphatic carbocycles. The van der Waals surface area contributed by atoms with Gasteiger partial charge in [0, 0.05) is 11.6 Å². The van der Waals surface area contributed by atoms with E-state index in [1.165, 1.54) is 0 Å². The number of ether oxygens (including phenoxy) is 2. The number of fused-ring (bicyclic) bond motifs is 1. The van der Waals surface area contributed by atoms with Crippen LogP contribution in [0.1, 0.15) is 12.8 Å². The molecule has 1 N–H and O–H groups in total. The molecule has 1 aliphatic heterocycles. The molecule has 5 nitrogen and oxygen atoms in total. The molecule has 6 heteroatoms. The van der Waals surface area contributed by atoms with E-state index in [0.29, 0.717) is 22.2 Å². The average molecular weight is 384 g/mol. The van der Waals surface area contributed by atoms with Gasteiger partial charge in [0.25, 0.3) is 0 Å². The summed E-state index contributed by atoms with van der Waals surface area (Å²) < 4.78 is 11.2. The molecule has 0 unspecified atom stereocenters. The summed E-state index contributed by atoms with van der Waals surface area (Å²) in [5, 5.41) is 3.48. The molecule has 3 aliphatic rings. The van der Waals surface area contributed by atoms with Gasteiger partial charge in [-0.15, -0.1) is 0 Å². The number of hydrogen-bond donors (Lipinski definition) is 1. The average Bonchev–Trinajstić information content (AvgIpc) is 3.27. The fraction of sp³-hybridized carbons (Fsp3) is 0.333. The first-order valence-corrected chi connectivity index (χ1v) is 9.52. The van der Waals surface area contributed by atoms with E-state index in [2.05, 4.69) is 5.32 Å². The Labute approximate surface area is 161 Å². The van der Waals surface area contributed by atoms with Crippen LogP contribution < -0.4 is 10.1 Å². The summed E-state index contributed by atoms with van der Waals surface area (Å²) in [4.78, 5) is 24.9. The van der Waals surface area contributed by atoms with Crippen LogP contribution in [0.4, 0.5) is 5.69 Å². The minimum atomic E-state index is -0.277. The lowest BCUT2D eigenvalue weighted by Gasteiger charge is -2.23. The highest BCUT2D eigenvalue weighted by atomic mass is 35.5. The van der Waals surface area contributed by atoms with Gasteiger partial charge in [-0.25, -0.2) is 0 Å². The smallest absolute Gasteiger partial charge is 0.310 e. The molecule has 2 bridgehead atoms. The second-order valence-electron chi connectivity index (χ2n) is 7.47. The van der Waals surface area contributed by atoms with Gasteiger partial charge in [-0.1, -0.05) is 23.7 Å². The molecule has 0 aromatic heterocycles. The van der Waals surface area contributed by atoms with Crippen molar-refractivity contribution < 1.29 is 19.1 Å². The van der Waals surface area contributed by atoms with Crippen LogP contribution in [0.2, 0.25) is 5.02 Å². The molecule has 27 heavy (non-hydrogen) atoms. The predicted octanol–water partition coefficient (Wildman–Crippen LogP) is 4.27. The topological polar surface area (TPSA) is 64.6 Å². The third-order valence-electron chi connectivity index (χ3n) is 5.97. The zero-order valence-corrected chi connectivity index (χ0v) is 15.2. The molecule has 1 saturated heterocycles. The van der Waals surface area contributed by atoms with E-state index >= 15 is 0 Å². The van der Waals surface area contributed by atoms with E-state index in [0.717, 1.165) is 12.8 Å². The van der Waals surface area contributed by atoms with Crippen LogP contribution in [-0.4, -0.2) is 18.0 Å².